The normalized spacial score (nSPS) is 10.5. The third-order valence-electron chi connectivity index (χ3n) is 2.89. The molecule has 1 heterocycles. The lowest BCUT2D eigenvalue weighted by molar-refractivity contribution is -0.544. The Morgan fingerprint density at radius 1 is 1.26 bits per heavy atom. The molecule has 0 aliphatic rings. The van der Waals surface area contributed by atoms with Crippen molar-refractivity contribution in [3.8, 4) is 5.75 Å². The van der Waals surface area contributed by atoms with Gasteiger partial charge in [0.1, 0.15) is 5.75 Å². The van der Waals surface area contributed by atoms with Gasteiger partial charge in [0.2, 0.25) is 5.82 Å². The molecule has 19 heavy (non-hydrogen) atoms. The van der Waals surface area contributed by atoms with E-state index in [0.717, 1.165) is 28.7 Å². The second-order valence-electron chi connectivity index (χ2n) is 4.08. The Kier molecular flexibility index (Phi) is 4.76. The fourth-order valence-corrected chi connectivity index (χ4v) is 2.20. The van der Waals surface area contributed by atoms with Gasteiger partial charge in [-0.05, 0) is 24.0 Å². The molecule has 0 fully saturated rings. The Bertz CT molecular complexity index is 543. The van der Waals surface area contributed by atoms with Crippen molar-refractivity contribution in [2.24, 2.45) is 0 Å². The van der Waals surface area contributed by atoms with Gasteiger partial charge in [-0.15, -0.1) is 0 Å². The highest BCUT2D eigenvalue weighted by molar-refractivity contribution is 7.98. The van der Waals surface area contributed by atoms with Crippen LogP contribution in [0.25, 0.3) is 0 Å². The molecule has 0 atom stereocenters. The fraction of sp³-hybridized carbons (Fsp3) is 0.286. The highest BCUT2D eigenvalue weighted by Gasteiger charge is 2.10. The van der Waals surface area contributed by atoms with Gasteiger partial charge in [0.15, 0.2) is 5.16 Å². The van der Waals surface area contributed by atoms with E-state index in [2.05, 4.69) is 22.1 Å². The minimum Gasteiger partial charge on any atom is -0.497 e. The SMILES string of the molecule is C[NH2+]c1nc(SC)ncc1Cc1ccc(OC)cc1. The monoisotopic (exact) mass is 276 g/mol. The lowest BCUT2D eigenvalue weighted by atomic mass is 10.1. The van der Waals surface area contributed by atoms with Gasteiger partial charge < -0.3 is 4.74 Å². The summed E-state index contributed by atoms with van der Waals surface area (Å²) < 4.78 is 5.16. The summed E-state index contributed by atoms with van der Waals surface area (Å²) >= 11 is 1.56. The second kappa shape index (κ2) is 6.54. The van der Waals surface area contributed by atoms with Crippen LogP contribution >= 0.6 is 11.8 Å². The van der Waals surface area contributed by atoms with E-state index < -0.39 is 0 Å². The van der Waals surface area contributed by atoms with Crippen LogP contribution < -0.4 is 10.1 Å². The maximum absolute atomic E-state index is 5.16. The lowest BCUT2D eigenvalue weighted by Gasteiger charge is -2.06. The van der Waals surface area contributed by atoms with Gasteiger partial charge in [-0.25, -0.2) is 4.98 Å². The van der Waals surface area contributed by atoms with Crippen LogP contribution in [0.15, 0.2) is 35.6 Å². The van der Waals surface area contributed by atoms with Crippen molar-refractivity contribution in [2.75, 3.05) is 20.4 Å². The van der Waals surface area contributed by atoms with E-state index >= 15 is 0 Å². The maximum Gasteiger partial charge on any atom is 0.231 e. The molecule has 0 aliphatic carbocycles. The molecule has 0 unspecified atom stereocenters. The summed E-state index contributed by atoms with van der Waals surface area (Å²) in [4.78, 5) is 8.85. The zero-order valence-corrected chi connectivity index (χ0v) is 12.2. The standard InChI is InChI=1S/C14H17N3OS/c1-15-13-11(9-16-14(17-13)19-3)8-10-4-6-12(18-2)7-5-10/h4-7,9H,8H2,1-3H3,(H,15,16,17)/p+1. The minimum absolute atomic E-state index is 0.812. The van der Waals surface area contributed by atoms with Gasteiger partial charge in [0.25, 0.3) is 0 Å². The molecule has 1 aromatic heterocycles. The number of hydrogen-bond donors (Lipinski definition) is 1. The molecule has 0 amide bonds. The molecule has 5 heteroatoms. The Morgan fingerprint density at radius 2 is 2.00 bits per heavy atom. The Balaban J connectivity index is 2.21. The third-order valence-corrected chi connectivity index (χ3v) is 3.45. The van der Waals surface area contributed by atoms with Gasteiger partial charge in [0, 0.05) is 12.6 Å². The number of quaternary nitrogens is 1. The highest BCUT2D eigenvalue weighted by Crippen LogP contribution is 2.18. The van der Waals surface area contributed by atoms with Gasteiger partial charge in [-0.1, -0.05) is 23.9 Å². The first-order chi connectivity index (χ1) is 9.26. The molecule has 2 aromatic rings. The molecule has 0 aliphatic heterocycles. The fourth-order valence-electron chi connectivity index (χ4n) is 1.85. The number of nitrogens with two attached hydrogens (primary N) is 1. The largest absolute Gasteiger partial charge is 0.497 e. The predicted octanol–water partition coefficient (Wildman–Crippen LogP) is 1.62. The molecule has 0 bridgehead atoms. The van der Waals surface area contributed by atoms with Crippen LogP contribution in [0.5, 0.6) is 5.75 Å². The van der Waals surface area contributed by atoms with E-state index in [-0.39, 0.29) is 0 Å². The number of thioether (sulfide) groups is 1. The summed E-state index contributed by atoms with van der Waals surface area (Å²) in [6, 6.07) is 8.09. The lowest BCUT2D eigenvalue weighted by Crippen LogP contribution is -2.73. The van der Waals surface area contributed by atoms with Gasteiger partial charge in [-0.2, -0.15) is 4.98 Å². The molecule has 100 valence electrons. The van der Waals surface area contributed by atoms with E-state index in [1.807, 2.05) is 36.9 Å². The summed E-state index contributed by atoms with van der Waals surface area (Å²) in [5.41, 5.74) is 2.37. The van der Waals surface area contributed by atoms with E-state index in [4.69, 9.17) is 4.74 Å². The highest BCUT2D eigenvalue weighted by atomic mass is 32.2. The van der Waals surface area contributed by atoms with Crippen molar-refractivity contribution in [1.82, 2.24) is 9.97 Å². The topological polar surface area (TPSA) is 51.6 Å². The van der Waals surface area contributed by atoms with Crippen molar-refractivity contribution in [3.05, 3.63) is 41.6 Å². The van der Waals surface area contributed by atoms with Crippen molar-refractivity contribution in [1.29, 1.82) is 0 Å². The van der Waals surface area contributed by atoms with Crippen molar-refractivity contribution >= 4 is 17.6 Å². The van der Waals surface area contributed by atoms with Crippen molar-refractivity contribution in [2.45, 2.75) is 11.6 Å². The van der Waals surface area contributed by atoms with Crippen LogP contribution in [0.1, 0.15) is 11.1 Å². The van der Waals surface area contributed by atoms with Crippen LogP contribution in [0, 0.1) is 0 Å². The number of rotatable bonds is 5. The summed E-state index contributed by atoms with van der Waals surface area (Å²) in [5, 5.41) is 2.84. The minimum atomic E-state index is 0.812. The Labute approximate surface area is 117 Å². The smallest absolute Gasteiger partial charge is 0.231 e. The molecule has 0 saturated heterocycles. The number of ether oxygens (including phenoxy) is 1. The Morgan fingerprint density at radius 3 is 2.58 bits per heavy atom. The first kappa shape index (κ1) is 13.8. The maximum atomic E-state index is 5.16. The molecule has 0 radical (unpaired) electrons. The van der Waals surface area contributed by atoms with Crippen LogP contribution in [0.2, 0.25) is 0 Å². The quantitative estimate of drug-likeness (QED) is 0.666. The molecule has 2 N–H and O–H groups in total. The zero-order valence-electron chi connectivity index (χ0n) is 11.4. The molecule has 4 nitrogen and oxygen atoms in total. The van der Waals surface area contributed by atoms with Crippen LogP contribution in [-0.4, -0.2) is 30.4 Å². The summed E-state index contributed by atoms with van der Waals surface area (Å²) in [5.74, 6) is 1.88. The van der Waals surface area contributed by atoms with Crippen LogP contribution in [0.4, 0.5) is 5.82 Å². The third kappa shape index (κ3) is 3.45. The predicted molar refractivity (Wildman–Crippen MR) is 77.1 cm³/mol. The first-order valence-electron chi connectivity index (χ1n) is 6.09. The molecule has 2 rings (SSSR count). The van der Waals surface area contributed by atoms with Crippen molar-refractivity contribution < 1.29 is 10.1 Å². The number of aromatic nitrogens is 2. The zero-order chi connectivity index (χ0) is 13.7. The van der Waals surface area contributed by atoms with Gasteiger partial charge in [0.05, 0.1) is 19.7 Å². The van der Waals surface area contributed by atoms with Crippen LogP contribution in [0.3, 0.4) is 0 Å². The average molecular weight is 276 g/mol. The van der Waals surface area contributed by atoms with Crippen LogP contribution in [-0.2, 0) is 6.42 Å². The van der Waals surface area contributed by atoms with Gasteiger partial charge >= 0.3 is 0 Å². The number of methoxy groups -OCH3 is 1. The number of nitrogens with zero attached hydrogens (tertiary/aromatic N) is 2. The van der Waals surface area contributed by atoms with Crippen molar-refractivity contribution in [3.63, 3.8) is 0 Å². The first-order valence-corrected chi connectivity index (χ1v) is 7.31. The summed E-state index contributed by atoms with van der Waals surface area (Å²) in [6.07, 6.45) is 4.73. The number of benzene rings is 1. The summed E-state index contributed by atoms with van der Waals surface area (Å²) in [7, 11) is 3.68. The molecular formula is C14H18N3OS+. The van der Waals surface area contributed by atoms with E-state index in [1.165, 1.54) is 5.56 Å². The number of hydrogen-bond acceptors (Lipinski definition) is 4. The molecule has 1 aromatic carbocycles. The van der Waals surface area contributed by atoms with E-state index in [1.54, 1.807) is 18.9 Å². The Hall–Kier alpha value is -1.59. The molecular weight excluding hydrogens is 258 g/mol. The van der Waals surface area contributed by atoms with E-state index in [9.17, 15) is 0 Å². The van der Waals surface area contributed by atoms with Gasteiger partial charge in [-0.3, -0.25) is 5.32 Å². The van der Waals surface area contributed by atoms with E-state index in [0.29, 0.717) is 0 Å². The average Bonchev–Trinajstić information content (AvgIpc) is 2.48. The molecule has 0 saturated carbocycles. The second-order valence-corrected chi connectivity index (χ2v) is 4.85. The molecule has 0 spiro atoms. The summed E-state index contributed by atoms with van der Waals surface area (Å²) in [6.45, 7) is 0.